The zero-order valence-corrected chi connectivity index (χ0v) is 12.0. The molecule has 2 rings (SSSR count). The van der Waals surface area contributed by atoms with E-state index in [0.29, 0.717) is 0 Å². The molecule has 1 heterocycles. The lowest BCUT2D eigenvalue weighted by atomic mass is 9.96. The fourth-order valence-corrected chi connectivity index (χ4v) is 2.54. The fraction of sp³-hybridized carbons (Fsp3) is 0.562. The van der Waals surface area contributed by atoms with Crippen molar-refractivity contribution < 1.29 is 9.53 Å². The van der Waals surface area contributed by atoms with E-state index in [9.17, 15) is 4.79 Å². The molecule has 0 amide bonds. The first-order chi connectivity index (χ1) is 9.11. The molecule has 0 spiro atoms. The highest BCUT2D eigenvalue weighted by atomic mass is 16.5. The average molecular weight is 261 g/mol. The minimum Gasteiger partial charge on any atom is -0.491 e. The van der Waals surface area contributed by atoms with Gasteiger partial charge in [0.25, 0.3) is 0 Å². The van der Waals surface area contributed by atoms with Crippen molar-refractivity contribution in [3.63, 3.8) is 0 Å². The van der Waals surface area contributed by atoms with E-state index in [4.69, 9.17) is 4.74 Å². The van der Waals surface area contributed by atoms with E-state index in [2.05, 4.69) is 12.2 Å². The second-order valence-corrected chi connectivity index (χ2v) is 5.35. The number of nitrogens with one attached hydrogen (secondary N) is 1. The number of hydrogen-bond acceptors (Lipinski definition) is 3. The SMILES string of the molecule is CCc1cc(OC(C)C)ccc1C(=O)C1CCCN1. The summed E-state index contributed by atoms with van der Waals surface area (Å²) in [4.78, 5) is 12.5. The number of carbonyl (C=O) groups excluding carboxylic acids is 1. The zero-order chi connectivity index (χ0) is 13.8. The topological polar surface area (TPSA) is 38.3 Å². The monoisotopic (exact) mass is 261 g/mol. The summed E-state index contributed by atoms with van der Waals surface area (Å²) < 4.78 is 5.69. The summed E-state index contributed by atoms with van der Waals surface area (Å²) in [5, 5.41) is 3.27. The van der Waals surface area contributed by atoms with Crippen molar-refractivity contribution in [2.75, 3.05) is 6.54 Å². The van der Waals surface area contributed by atoms with Crippen LogP contribution in [0.15, 0.2) is 18.2 Å². The van der Waals surface area contributed by atoms with Crippen molar-refractivity contribution in [1.29, 1.82) is 0 Å². The summed E-state index contributed by atoms with van der Waals surface area (Å²) in [7, 11) is 0. The lowest BCUT2D eigenvalue weighted by Gasteiger charge is -2.15. The second kappa shape index (κ2) is 6.20. The van der Waals surface area contributed by atoms with Gasteiger partial charge in [0.15, 0.2) is 5.78 Å². The number of ketones is 1. The molecule has 1 aliphatic heterocycles. The van der Waals surface area contributed by atoms with E-state index < -0.39 is 0 Å². The molecule has 0 radical (unpaired) electrons. The standard InChI is InChI=1S/C16H23NO2/c1-4-12-10-13(19-11(2)3)7-8-14(12)16(18)15-6-5-9-17-15/h7-8,10-11,15,17H,4-6,9H2,1-3H3. The Balaban J connectivity index is 2.22. The van der Waals surface area contributed by atoms with Crippen LogP contribution in [0, 0.1) is 0 Å². The van der Waals surface area contributed by atoms with Crippen LogP contribution in [0.25, 0.3) is 0 Å². The van der Waals surface area contributed by atoms with Gasteiger partial charge >= 0.3 is 0 Å². The largest absolute Gasteiger partial charge is 0.491 e. The lowest BCUT2D eigenvalue weighted by Crippen LogP contribution is -2.31. The van der Waals surface area contributed by atoms with Gasteiger partial charge in [-0.15, -0.1) is 0 Å². The molecular weight excluding hydrogens is 238 g/mol. The Bertz CT molecular complexity index is 448. The van der Waals surface area contributed by atoms with E-state index in [-0.39, 0.29) is 17.9 Å². The summed E-state index contributed by atoms with van der Waals surface area (Å²) >= 11 is 0. The Morgan fingerprint density at radius 2 is 2.26 bits per heavy atom. The summed E-state index contributed by atoms with van der Waals surface area (Å²) in [5.74, 6) is 1.08. The van der Waals surface area contributed by atoms with Crippen molar-refractivity contribution >= 4 is 5.78 Å². The lowest BCUT2D eigenvalue weighted by molar-refractivity contribution is 0.0951. The van der Waals surface area contributed by atoms with Gasteiger partial charge in [-0.3, -0.25) is 4.79 Å². The molecule has 1 N–H and O–H groups in total. The van der Waals surface area contributed by atoms with Crippen molar-refractivity contribution in [2.45, 2.75) is 52.2 Å². The van der Waals surface area contributed by atoms with Crippen LogP contribution in [0.1, 0.15) is 49.5 Å². The summed E-state index contributed by atoms with van der Waals surface area (Å²) in [5.41, 5.74) is 1.93. The molecule has 1 saturated heterocycles. The van der Waals surface area contributed by atoms with Gasteiger partial charge in [-0.05, 0) is 63.4 Å². The van der Waals surface area contributed by atoms with Crippen LogP contribution in [0.4, 0.5) is 0 Å². The highest BCUT2D eigenvalue weighted by molar-refractivity contribution is 6.01. The maximum absolute atomic E-state index is 12.5. The Hall–Kier alpha value is -1.35. The predicted molar refractivity (Wildman–Crippen MR) is 76.9 cm³/mol. The van der Waals surface area contributed by atoms with E-state index in [1.165, 1.54) is 0 Å². The third-order valence-corrected chi connectivity index (χ3v) is 3.47. The minimum absolute atomic E-state index is 0.00201. The average Bonchev–Trinajstić information content (AvgIpc) is 2.91. The molecule has 0 bridgehead atoms. The molecule has 0 aromatic heterocycles. The number of aryl methyl sites for hydroxylation is 1. The van der Waals surface area contributed by atoms with Crippen LogP contribution in [-0.2, 0) is 6.42 Å². The van der Waals surface area contributed by atoms with Gasteiger partial charge in [0.1, 0.15) is 5.75 Å². The van der Waals surface area contributed by atoms with E-state index >= 15 is 0 Å². The molecule has 1 unspecified atom stereocenters. The van der Waals surface area contributed by atoms with Crippen molar-refractivity contribution in [2.24, 2.45) is 0 Å². The van der Waals surface area contributed by atoms with E-state index in [0.717, 1.165) is 42.7 Å². The highest BCUT2D eigenvalue weighted by Crippen LogP contribution is 2.22. The Morgan fingerprint density at radius 1 is 1.47 bits per heavy atom. The number of hydrogen-bond donors (Lipinski definition) is 1. The van der Waals surface area contributed by atoms with Crippen LogP contribution in [0.5, 0.6) is 5.75 Å². The van der Waals surface area contributed by atoms with Gasteiger partial charge in [-0.25, -0.2) is 0 Å². The van der Waals surface area contributed by atoms with Crippen molar-refractivity contribution in [3.8, 4) is 5.75 Å². The summed E-state index contributed by atoms with van der Waals surface area (Å²) in [6.07, 6.45) is 3.05. The molecule has 1 aliphatic rings. The second-order valence-electron chi connectivity index (χ2n) is 5.35. The third-order valence-electron chi connectivity index (χ3n) is 3.47. The van der Waals surface area contributed by atoms with Gasteiger partial charge in [-0.2, -0.15) is 0 Å². The molecule has 1 aromatic carbocycles. The van der Waals surface area contributed by atoms with Crippen LogP contribution in [0.3, 0.4) is 0 Å². The quantitative estimate of drug-likeness (QED) is 0.828. The van der Waals surface area contributed by atoms with E-state index in [1.54, 1.807) is 0 Å². The molecule has 0 saturated carbocycles. The fourth-order valence-electron chi connectivity index (χ4n) is 2.54. The molecule has 1 aromatic rings. The van der Waals surface area contributed by atoms with Gasteiger partial charge in [0.2, 0.25) is 0 Å². The van der Waals surface area contributed by atoms with Gasteiger partial charge in [-0.1, -0.05) is 6.92 Å². The summed E-state index contributed by atoms with van der Waals surface area (Å²) in [6, 6.07) is 5.82. The molecule has 1 atom stereocenters. The molecule has 104 valence electrons. The van der Waals surface area contributed by atoms with Crippen molar-refractivity contribution in [1.82, 2.24) is 5.32 Å². The van der Waals surface area contributed by atoms with Gasteiger partial charge < -0.3 is 10.1 Å². The molecule has 19 heavy (non-hydrogen) atoms. The number of Topliss-reactive ketones (excluding diaryl/α,β-unsaturated/α-hetero) is 1. The Morgan fingerprint density at radius 3 is 2.84 bits per heavy atom. The van der Waals surface area contributed by atoms with Crippen LogP contribution >= 0.6 is 0 Å². The summed E-state index contributed by atoms with van der Waals surface area (Å²) in [6.45, 7) is 7.04. The van der Waals surface area contributed by atoms with Gasteiger partial charge in [0, 0.05) is 5.56 Å². The predicted octanol–water partition coefficient (Wildman–Crippen LogP) is 2.97. The van der Waals surface area contributed by atoms with E-state index in [1.807, 2.05) is 32.0 Å². The van der Waals surface area contributed by atoms with Crippen LogP contribution < -0.4 is 10.1 Å². The third kappa shape index (κ3) is 3.35. The smallest absolute Gasteiger partial charge is 0.180 e. The Kier molecular flexibility index (Phi) is 4.59. The number of carbonyl (C=O) groups is 1. The first-order valence-electron chi connectivity index (χ1n) is 7.19. The highest BCUT2D eigenvalue weighted by Gasteiger charge is 2.24. The molecular formula is C16H23NO2. The van der Waals surface area contributed by atoms with Crippen LogP contribution in [0.2, 0.25) is 0 Å². The molecule has 3 nitrogen and oxygen atoms in total. The maximum Gasteiger partial charge on any atom is 0.180 e. The van der Waals surface area contributed by atoms with Gasteiger partial charge in [0.05, 0.1) is 12.1 Å². The number of rotatable bonds is 5. The Labute approximate surface area is 115 Å². The molecule has 3 heteroatoms. The first-order valence-corrected chi connectivity index (χ1v) is 7.19. The van der Waals surface area contributed by atoms with Crippen molar-refractivity contribution in [3.05, 3.63) is 29.3 Å². The van der Waals surface area contributed by atoms with Crippen LogP contribution in [-0.4, -0.2) is 24.5 Å². The number of benzene rings is 1. The minimum atomic E-state index is 0.00201. The molecule has 0 aliphatic carbocycles. The zero-order valence-electron chi connectivity index (χ0n) is 12.0. The maximum atomic E-state index is 12.5. The first kappa shape index (κ1) is 14.1. The normalized spacial score (nSPS) is 18.8. The molecule has 1 fully saturated rings. The number of ether oxygens (including phenoxy) is 1.